The van der Waals surface area contributed by atoms with Crippen molar-refractivity contribution < 1.29 is 5.11 Å². The molecule has 0 unspecified atom stereocenters. The minimum absolute atomic E-state index is 0.276. The summed E-state index contributed by atoms with van der Waals surface area (Å²) in [6.45, 7) is 0. The maximum atomic E-state index is 9.23. The second-order valence-electron chi connectivity index (χ2n) is 2.50. The molecule has 3 N–H and O–H groups in total. The number of hydrogen-bond acceptors (Lipinski definition) is 4. The summed E-state index contributed by atoms with van der Waals surface area (Å²) in [5.41, 5.74) is 6.38. The van der Waals surface area contributed by atoms with Gasteiger partial charge in [0.1, 0.15) is 0 Å². The highest BCUT2D eigenvalue weighted by atomic mass is 32.1. The summed E-state index contributed by atoms with van der Waals surface area (Å²) in [4.78, 5) is 0.851. The van der Waals surface area contributed by atoms with Crippen molar-refractivity contribution in [3.63, 3.8) is 0 Å². The Balaban J connectivity index is 2.93. The Morgan fingerprint density at radius 1 is 1.42 bits per heavy atom. The van der Waals surface area contributed by atoms with Gasteiger partial charge in [-0.05, 0) is 12.1 Å². The van der Waals surface area contributed by atoms with Crippen molar-refractivity contribution in [2.45, 2.75) is 4.90 Å². The van der Waals surface area contributed by atoms with Crippen LogP contribution in [0.3, 0.4) is 0 Å². The Morgan fingerprint density at radius 3 is 2.83 bits per heavy atom. The first-order valence-electron chi connectivity index (χ1n) is 3.38. The quantitative estimate of drug-likeness (QED) is 0.449. The Bertz CT molecular complexity index is 397. The molecular weight excluding hydrogens is 190 g/mol. The second kappa shape index (κ2) is 2.57. The van der Waals surface area contributed by atoms with Crippen LogP contribution in [0.25, 0.3) is 10.1 Å². The van der Waals surface area contributed by atoms with Gasteiger partial charge < -0.3 is 10.8 Å². The number of fused-ring (bicyclic) bond motifs is 1. The highest BCUT2D eigenvalue weighted by Crippen LogP contribution is 2.37. The van der Waals surface area contributed by atoms with Crippen LogP contribution >= 0.6 is 24.0 Å². The van der Waals surface area contributed by atoms with Crippen molar-refractivity contribution in [2.75, 3.05) is 5.73 Å². The number of anilines is 1. The summed E-state index contributed by atoms with van der Waals surface area (Å²) in [7, 11) is 0. The van der Waals surface area contributed by atoms with Crippen LogP contribution in [0.15, 0.2) is 23.1 Å². The number of nitrogen functional groups attached to an aromatic ring is 1. The largest absolute Gasteiger partial charge is 0.499 e. The van der Waals surface area contributed by atoms with E-state index in [0.29, 0.717) is 5.69 Å². The van der Waals surface area contributed by atoms with Gasteiger partial charge in [-0.15, -0.1) is 12.6 Å². The van der Waals surface area contributed by atoms with Gasteiger partial charge in [-0.25, -0.2) is 0 Å². The van der Waals surface area contributed by atoms with Crippen LogP contribution in [0.1, 0.15) is 0 Å². The number of thiophene rings is 1. The van der Waals surface area contributed by atoms with Gasteiger partial charge in [0, 0.05) is 22.0 Å². The van der Waals surface area contributed by atoms with Crippen molar-refractivity contribution in [1.29, 1.82) is 0 Å². The Kier molecular flexibility index (Phi) is 1.66. The molecule has 2 aromatic rings. The van der Waals surface area contributed by atoms with Crippen LogP contribution in [-0.4, -0.2) is 5.11 Å². The normalized spacial score (nSPS) is 10.8. The van der Waals surface area contributed by atoms with Gasteiger partial charge in [0.05, 0.1) is 4.70 Å². The van der Waals surface area contributed by atoms with E-state index in [1.807, 2.05) is 6.07 Å². The number of thiol groups is 1. The molecule has 0 saturated carbocycles. The molecule has 0 aliphatic rings. The smallest absolute Gasteiger partial charge is 0.172 e. The molecule has 0 aliphatic carbocycles. The zero-order valence-electron chi connectivity index (χ0n) is 6.11. The van der Waals surface area contributed by atoms with E-state index in [1.165, 1.54) is 11.3 Å². The average molecular weight is 197 g/mol. The van der Waals surface area contributed by atoms with Crippen molar-refractivity contribution in [1.82, 2.24) is 0 Å². The first kappa shape index (κ1) is 7.76. The lowest BCUT2D eigenvalue weighted by atomic mass is 10.2. The number of nitrogens with two attached hydrogens (primary N) is 1. The molecule has 62 valence electrons. The predicted molar refractivity (Wildman–Crippen MR) is 55.2 cm³/mol. The van der Waals surface area contributed by atoms with E-state index in [9.17, 15) is 5.11 Å². The van der Waals surface area contributed by atoms with E-state index in [1.54, 1.807) is 12.1 Å². The summed E-state index contributed by atoms with van der Waals surface area (Å²) >= 11 is 5.55. The summed E-state index contributed by atoms with van der Waals surface area (Å²) in [5.74, 6) is 0. The third kappa shape index (κ3) is 1.04. The van der Waals surface area contributed by atoms with Gasteiger partial charge in [-0.1, -0.05) is 11.3 Å². The first-order valence-corrected chi connectivity index (χ1v) is 4.65. The third-order valence-corrected chi connectivity index (χ3v) is 3.18. The lowest BCUT2D eigenvalue weighted by molar-refractivity contribution is 0.491. The molecular formula is C8H7NOS2. The lowest BCUT2D eigenvalue weighted by Crippen LogP contribution is -1.83. The van der Waals surface area contributed by atoms with Crippen molar-refractivity contribution in [3.8, 4) is 5.06 Å². The second-order valence-corrected chi connectivity index (χ2v) is 4.01. The molecule has 0 fully saturated rings. The highest BCUT2D eigenvalue weighted by Gasteiger charge is 2.05. The topological polar surface area (TPSA) is 46.2 Å². The molecule has 1 heterocycles. The van der Waals surface area contributed by atoms with E-state index in [-0.39, 0.29) is 5.06 Å². The molecule has 12 heavy (non-hydrogen) atoms. The molecule has 0 saturated heterocycles. The molecule has 0 spiro atoms. The first-order chi connectivity index (χ1) is 5.68. The van der Waals surface area contributed by atoms with Gasteiger partial charge in [-0.3, -0.25) is 0 Å². The zero-order valence-corrected chi connectivity index (χ0v) is 7.82. The maximum Gasteiger partial charge on any atom is 0.172 e. The highest BCUT2D eigenvalue weighted by molar-refractivity contribution is 7.80. The maximum absolute atomic E-state index is 9.23. The van der Waals surface area contributed by atoms with Gasteiger partial charge in [0.2, 0.25) is 0 Å². The van der Waals surface area contributed by atoms with Gasteiger partial charge in [-0.2, -0.15) is 0 Å². The number of rotatable bonds is 0. The van der Waals surface area contributed by atoms with Crippen molar-refractivity contribution in [3.05, 3.63) is 18.2 Å². The minimum Gasteiger partial charge on any atom is -0.499 e. The predicted octanol–water partition coefficient (Wildman–Crippen LogP) is 2.48. The number of aromatic hydroxyl groups is 1. The van der Waals surface area contributed by atoms with Crippen LogP contribution in [-0.2, 0) is 0 Å². The fourth-order valence-corrected chi connectivity index (χ4v) is 2.29. The van der Waals surface area contributed by atoms with E-state index in [0.717, 1.165) is 15.0 Å². The van der Waals surface area contributed by atoms with E-state index < -0.39 is 0 Å². The molecule has 0 aliphatic heterocycles. The van der Waals surface area contributed by atoms with E-state index in [2.05, 4.69) is 12.6 Å². The van der Waals surface area contributed by atoms with Crippen LogP contribution in [0.2, 0.25) is 0 Å². The molecule has 2 nitrogen and oxygen atoms in total. The molecule has 1 aromatic carbocycles. The molecule has 1 aromatic heterocycles. The molecule has 0 radical (unpaired) electrons. The Hall–Kier alpha value is -0.870. The minimum atomic E-state index is 0.276. The Labute approximate surface area is 79.0 Å². The van der Waals surface area contributed by atoms with E-state index in [4.69, 9.17) is 5.73 Å². The standard InChI is InChI=1S/C8H7NOS2/c9-5-1-2-6(11)8-4(5)3-7(10)12-8/h1-3,10-11H,9H2. The monoisotopic (exact) mass is 197 g/mol. The lowest BCUT2D eigenvalue weighted by Gasteiger charge is -1.96. The van der Waals surface area contributed by atoms with Crippen molar-refractivity contribution >= 4 is 39.7 Å². The molecule has 0 amide bonds. The molecule has 2 rings (SSSR count). The zero-order chi connectivity index (χ0) is 8.72. The Morgan fingerprint density at radius 2 is 2.17 bits per heavy atom. The van der Waals surface area contributed by atoms with Gasteiger partial charge >= 0.3 is 0 Å². The number of benzene rings is 1. The summed E-state index contributed by atoms with van der Waals surface area (Å²) in [5, 5.41) is 10.4. The van der Waals surface area contributed by atoms with Crippen LogP contribution in [0, 0.1) is 0 Å². The molecule has 0 atom stereocenters. The fraction of sp³-hybridized carbons (Fsp3) is 0. The third-order valence-electron chi connectivity index (χ3n) is 1.68. The fourth-order valence-electron chi connectivity index (χ4n) is 1.12. The summed E-state index contributed by atoms with van der Waals surface area (Å²) in [6, 6.07) is 5.28. The molecule has 4 heteroatoms. The van der Waals surface area contributed by atoms with Crippen molar-refractivity contribution in [2.24, 2.45) is 0 Å². The molecule has 0 bridgehead atoms. The average Bonchev–Trinajstić information content (AvgIpc) is 2.41. The summed E-state index contributed by atoms with van der Waals surface area (Å²) < 4.78 is 0.941. The summed E-state index contributed by atoms with van der Waals surface area (Å²) in [6.07, 6.45) is 0. The van der Waals surface area contributed by atoms with Gasteiger partial charge in [0.15, 0.2) is 5.06 Å². The number of hydrogen-bond donors (Lipinski definition) is 3. The van der Waals surface area contributed by atoms with Crippen LogP contribution < -0.4 is 5.73 Å². The van der Waals surface area contributed by atoms with Crippen LogP contribution in [0.4, 0.5) is 5.69 Å². The van der Waals surface area contributed by atoms with E-state index >= 15 is 0 Å². The van der Waals surface area contributed by atoms with Gasteiger partial charge in [0.25, 0.3) is 0 Å². The van der Waals surface area contributed by atoms with Crippen LogP contribution in [0.5, 0.6) is 5.06 Å². The SMILES string of the molecule is Nc1ccc(S)c2sc(O)cc12.